The van der Waals surface area contributed by atoms with Crippen LogP contribution in [0.25, 0.3) is 10.9 Å². The number of carboxylic acid groups (broad SMARTS) is 1. The van der Waals surface area contributed by atoms with Crippen LogP contribution in [-0.2, 0) is 6.18 Å². The molecule has 1 aromatic heterocycles. The van der Waals surface area contributed by atoms with E-state index in [1.54, 1.807) is 0 Å². The number of piperidine rings is 1. The number of hydrogen-bond acceptors (Lipinski definition) is 4. The maximum Gasteiger partial charge on any atom is 0.433 e. The molecule has 0 saturated carbocycles. The van der Waals surface area contributed by atoms with Gasteiger partial charge >= 0.3 is 12.1 Å². The van der Waals surface area contributed by atoms with Crippen LogP contribution in [0, 0.1) is 0 Å². The predicted molar refractivity (Wildman–Crippen MR) is 99.7 cm³/mol. The second kappa shape index (κ2) is 7.24. The largest absolute Gasteiger partial charge is 0.478 e. The Balaban J connectivity index is 1.69. The summed E-state index contributed by atoms with van der Waals surface area (Å²) < 4.78 is 40.1. The minimum Gasteiger partial charge on any atom is -0.478 e. The van der Waals surface area contributed by atoms with E-state index in [9.17, 15) is 23.1 Å². The maximum atomic E-state index is 13.4. The Morgan fingerprint density at radius 3 is 2.36 bits per heavy atom. The van der Waals surface area contributed by atoms with Crippen LogP contribution in [0.1, 0.15) is 41.7 Å². The minimum atomic E-state index is -4.55. The fourth-order valence-corrected chi connectivity index (χ4v) is 4.33. The third-order valence-electron chi connectivity index (χ3n) is 5.79. The highest BCUT2D eigenvalue weighted by molar-refractivity contribution is 5.98. The number of halogens is 3. The number of hydrogen-bond donors (Lipinski definition) is 1. The van der Waals surface area contributed by atoms with Crippen LogP contribution in [0.15, 0.2) is 24.3 Å². The zero-order valence-electron chi connectivity index (χ0n) is 15.4. The van der Waals surface area contributed by atoms with Gasteiger partial charge in [0.2, 0.25) is 0 Å². The van der Waals surface area contributed by atoms with Crippen molar-refractivity contribution in [2.45, 2.75) is 37.9 Å². The lowest BCUT2D eigenvalue weighted by atomic mass is 10.0. The summed E-state index contributed by atoms with van der Waals surface area (Å²) in [5, 5.41) is 9.72. The number of rotatable bonds is 3. The van der Waals surface area contributed by atoms with Crippen LogP contribution in [0.4, 0.5) is 18.9 Å². The van der Waals surface area contributed by atoms with Gasteiger partial charge in [0.15, 0.2) is 0 Å². The Bertz CT molecular complexity index is 886. The number of nitrogens with zero attached hydrogens (tertiary/aromatic N) is 3. The number of fused-ring (bicyclic) bond motifs is 1. The highest BCUT2D eigenvalue weighted by Crippen LogP contribution is 2.36. The van der Waals surface area contributed by atoms with Gasteiger partial charge in [0.1, 0.15) is 5.69 Å². The van der Waals surface area contributed by atoms with E-state index >= 15 is 0 Å². The monoisotopic (exact) mass is 393 g/mol. The second-order valence-electron chi connectivity index (χ2n) is 7.52. The molecule has 2 aliphatic rings. The second-order valence-corrected chi connectivity index (χ2v) is 7.52. The number of aromatic carboxylic acids is 1. The normalized spacial score (nSPS) is 19.5. The van der Waals surface area contributed by atoms with Crippen molar-refractivity contribution in [1.29, 1.82) is 0 Å². The van der Waals surface area contributed by atoms with Crippen LogP contribution in [-0.4, -0.2) is 53.2 Å². The Hall–Kier alpha value is -2.35. The lowest BCUT2D eigenvalue weighted by Gasteiger charge is -2.38. The molecule has 0 spiro atoms. The number of carbonyl (C=O) groups is 1. The molecule has 150 valence electrons. The number of pyridine rings is 1. The molecule has 8 heteroatoms. The number of alkyl halides is 3. The van der Waals surface area contributed by atoms with Gasteiger partial charge in [-0.2, -0.15) is 13.2 Å². The van der Waals surface area contributed by atoms with Crippen molar-refractivity contribution < 1.29 is 23.1 Å². The average Bonchev–Trinajstić information content (AvgIpc) is 3.21. The van der Waals surface area contributed by atoms with Gasteiger partial charge < -0.3 is 14.9 Å². The highest BCUT2D eigenvalue weighted by atomic mass is 19.4. The summed E-state index contributed by atoms with van der Waals surface area (Å²) >= 11 is 0. The fourth-order valence-electron chi connectivity index (χ4n) is 4.33. The van der Waals surface area contributed by atoms with Crippen molar-refractivity contribution in [3.63, 3.8) is 0 Å². The van der Waals surface area contributed by atoms with Gasteiger partial charge in [0.05, 0.1) is 11.1 Å². The Morgan fingerprint density at radius 1 is 1.07 bits per heavy atom. The molecular weight excluding hydrogens is 371 g/mol. The minimum absolute atomic E-state index is 0.0438. The average molecular weight is 393 g/mol. The third kappa shape index (κ3) is 3.65. The van der Waals surface area contributed by atoms with Crippen LogP contribution in [0.2, 0.25) is 0 Å². The molecule has 1 aromatic carbocycles. The maximum absolute atomic E-state index is 13.4. The Labute approximate surface area is 160 Å². The van der Waals surface area contributed by atoms with Crippen molar-refractivity contribution in [1.82, 2.24) is 9.88 Å². The molecule has 2 aliphatic heterocycles. The first-order valence-electron chi connectivity index (χ1n) is 9.57. The molecule has 2 saturated heterocycles. The fraction of sp³-hybridized carbons (Fsp3) is 0.500. The molecule has 4 rings (SSSR count). The topological polar surface area (TPSA) is 56.7 Å². The van der Waals surface area contributed by atoms with Crippen LogP contribution in [0.3, 0.4) is 0 Å². The van der Waals surface area contributed by atoms with Crippen LogP contribution >= 0.6 is 0 Å². The summed E-state index contributed by atoms with van der Waals surface area (Å²) in [7, 11) is 0. The molecule has 28 heavy (non-hydrogen) atoms. The van der Waals surface area contributed by atoms with Crippen molar-refractivity contribution in [2.24, 2.45) is 0 Å². The zero-order valence-corrected chi connectivity index (χ0v) is 15.4. The smallest absolute Gasteiger partial charge is 0.433 e. The van der Waals surface area contributed by atoms with Crippen LogP contribution < -0.4 is 4.90 Å². The molecular formula is C20H22F3N3O2. The number of likely N-dealkylation sites (tertiary alicyclic amines) is 1. The SMILES string of the molecule is O=C(O)c1ccc2nc(C(F)(F)F)cc(N3CCC(N4CCCC4)CC3)c2c1. The van der Waals surface area contributed by atoms with E-state index in [-0.39, 0.29) is 11.1 Å². The van der Waals surface area contributed by atoms with Gasteiger partial charge in [-0.1, -0.05) is 0 Å². The van der Waals surface area contributed by atoms with Crippen molar-refractivity contribution in [3.8, 4) is 0 Å². The Kier molecular flexibility index (Phi) is 4.91. The molecule has 5 nitrogen and oxygen atoms in total. The summed E-state index contributed by atoms with van der Waals surface area (Å²) in [6, 6.07) is 5.61. The molecule has 2 aromatic rings. The van der Waals surface area contributed by atoms with Gasteiger partial charge in [0, 0.05) is 30.2 Å². The number of aromatic nitrogens is 1. The van der Waals surface area contributed by atoms with Gasteiger partial charge in [-0.15, -0.1) is 0 Å². The summed E-state index contributed by atoms with van der Waals surface area (Å²) in [5.41, 5.74) is -0.321. The molecule has 1 N–H and O–H groups in total. The number of carboxylic acids is 1. The molecule has 0 radical (unpaired) electrons. The lowest BCUT2D eigenvalue weighted by Crippen LogP contribution is -2.44. The van der Waals surface area contributed by atoms with E-state index in [0.717, 1.165) is 32.0 Å². The van der Waals surface area contributed by atoms with Crippen molar-refractivity contribution >= 4 is 22.6 Å². The van der Waals surface area contributed by atoms with Crippen molar-refractivity contribution in [3.05, 3.63) is 35.5 Å². The van der Waals surface area contributed by atoms with Gasteiger partial charge in [0.25, 0.3) is 0 Å². The van der Waals surface area contributed by atoms with Gasteiger partial charge in [-0.3, -0.25) is 0 Å². The molecule has 0 bridgehead atoms. The van der Waals surface area contributed by atoms with E-state index in [2.05, 4.69) is 9.88 Å². The van der Waals surface area contributed by atoms with Gasteiger partial charge in [-0.05, 0) is 63.0 Å². The Morgan fingerprint density at radius 2 is 1.75 bits per heavy atom. The molecule has 0 aliphatic carbocycles. The van der Waals surface area contributed by atoms with Crippen LogP contribution in [0.5, 0.6) is 0 Å². The first kappa shape index (κ1) is 19.0. The van der Waals surface area contributed by atoms with E-state index in [4.69, 9.17) is 0 Å². The standard InChI is InChI=1S/C20H22F3N3O2/c21-20(22,23)18-12-17(15-11-13(19(27)28)3-4-16(15)24-18)26-9-5-14(6-10-26)25-7-1-2-8-25/h3-4,11-12,14H,1-2,5-10H2,(H,27,28). The third-order valence-corrected chi connectivity index (χ3v) is 5.79. The van der Waals surface area contributed by atoms with Crippen molar-refractivity contribution in [2.75, 3.05) is 31.1 Å². The first-order valence-corrected chi connectivity index (χ1v) is 9.57. The highest BCUT2D eigenvalue weighted by Gasteiger charge is 2.35. The molecule has 0 amide bonds. The lowest BCUT2D eigenvalue weighted by molar-refractivity contribution is -0.140. The summed E-state index contributed by atoms with van der Waals surface area (Å²) in [6.07, 6.45) is -0.347. The summed E-state index contributed by atoms with van der Waals surface area (Å²) in [4.78, 5) is 19.5. The van der Waals surface area contributed by atoms with E-state index in [1.165, 1.54) is 31.0 Å². The molecule has 2 fully saturated rings. The molecule has 0 unspecified atom stereocenters. The summed E-state index contributed by atoms with van der Waals surface area (Å²) in [5.74, 6) is -1.11. The molecule has 3 heterocycles. The number of benzene rings is 1. The van der Waals surface area contributed by atoms with E-state index in [0.29, 0.717) is 30.2 Å². The van der Waals surface area contributed by atoms with Gasteiger partial charge in [-0.25, -0.2) is 9.78 Å². The molecule has 0 atom stereocenters. The summed E-state index contributed by atoms with van der Waals surface area (Å²) in [6.45, 7) is 3.50. The first-order chi connectivity index (χ1) is 13.3. The predicted octanol–water partition coefficient (Wildman–Crippen LogP) is 4.02. The number of anilines is 1. The van der Waals surface area contributed by atoms with E-state index < -0.39 is 17.8 Å². The zero-order chi connectivity index (χ0) is 19.9. The quantitative estimate of drug-likeness (QED) is 0.854. The van der Waals surface area contributed by atoms with E-state index in [1.807, 2.05) is 4.90 Å².